The third-order valence-electron chi connectivity index (χ3n) is 6.26. The number of anilines is 1. The van der Waals surface area contributed by atoms with Crippen molar-refractivity contribution < 1.29 is 9.53 Å². The fourth-order valence-electron chi connectivity index (χ4n) is 4.36. The van der Waals surface area contributed by atoms with Gasteiger partial charge in [0.1, 0.15) is 17.4 Å². The Morgan fingerprint density at radius 3 is 2.83 bits per heavy atom. The van der Waals surface area contributed by atoms with E-state index in [0.717, 1.165) is 58.8 Å². The summed E-state index contributed by atoms with van der Waals surface area (Å²) in [6, 6.07) is 16.0. The van der Waals surface area contributed by atoms with Gasteiger partial charge in [0.2, 0.25) is 0 Å². The molecule has 35 heavy (non-hydrogen) atoms. The van der Waals surface area contributed by atoms with Crippen molar-refractivity contribution in [1.82, 2.24) is 19.9 Å². The molecule has 0 bridgehead atoms. The number of ether oxygens (including phenoxy) is 1. The first-order chi connectivity index (χ1) is 17.0. The van der Waals surface area contributed by atoms with Crippen molar-refractivity contribution >= 4 is 33.3 Å². The molecule has 0 saturated carbocycles. The van der Waals surface area contributed by atoms with E-state index >= 15 is 0 Å². The highest BCUT2D eigenvalue weighted by molar-refractivity contribution is 7.16. The predicted molar refractivity (Wildman–Crippen MR) is 140 cm³/mol. The van der Waals surface area contributed by atoms with Crippen molar-refractivity contribution in [3.8, 4) is 17.0 Å². The second-order valence-corrected chi connectivity index (χ2v) is 9.78. The van der Waals surface area contributed by atoms with E-state index in [1.54, 1.807) is 11.3 Å². The van der Waals surface area contributed by atoms with Crippen molar-refractivity contribution in [1.29, 1.82) is 0 Å². The van der Waals surface area contributed by atoms with E-state index < -0.39 is 0 Å². The van der Waals surface area contributed by atoms with E-state index in [-0.39, 0.29) is 18.6 Å². The summed E-state index contributed by atoms with van der Waals surface area (Å²) in [6.45, 7) is 5.73. The number of aromatic nitrogens is 3. The Labute approximate surface area is 209 Å². The summed E-state index contributed by atoms with van der Waals surface area (Å²) in [5.74, 6) is 2.21. The van der Waals surface area contributed by atoms with Crippen LogP contribution in [-0.4, -0.2) is 45.5 Å². The maximum Gasteiger partial charge on any atom is 0.260 e. The number of carbonyl (C=O) groups excluding carboxylic acids is 1. The first-order valence-corrected chi connectivity index (χ1v) is 12.9. The van der Waals surface area contributed by atoms with Gasteiger partial charge in [-0.2, -0.15) is 0 Å². The molecular formula is C27H29N5O2S. The van der Waals surface area contributed by atoms with E-state index in [2.05, 4.69) is 33.3 Å². The van der Waals surface area contributed by atoms with Crippen LogP contribution >= 0.6 is 11.3 Å². The Balaban J connectivity index is 1.27. The first-order valence-electron chi connectivity index (χ1n) is 12.0. The van der Waals surface area contributed by atoms with Crippen LogP contribution in [0.5, 0.6) is 5.75 Å². The number of benzene rings is 2. The molecule has 3 heterocycles. The number of likely N-dealkylation sites (tertiary alicyclic amines) is 1. The van der Waals surface area contributed by atoms with Crippen molar-refractivity contribution in [2.24, 2.45) is 0 Å². The minimum absolute atomic E-state index is 0.0116. The van der Waals surface area contributed by atoms with Crippen LogP contribution in [0.15, 0.2) is 54.0 Å². The smallest absolute Gasteiger partial charge is 0.260 e. The number of amides is 1. The molecule has 1 saturated heterocycles. The quantitative estimate of drug-likeness (QED) is 0.364. The lowest BCUT2D eigenvalue weighted by Gasteiger charge is -2.26. The Bertz CT molecular complexity index is 1330. The lowest BCUT2D eigenvalue weighted by atomic mass is 10.1. The third-order valence-corrected chi connectivity index (χ3v) is 7.05. The fraction of sp³-hybridized carbons (Fsp3) is 0.333. The molecule has 1 aliphatic heterocycles. The van der Waals surface area contributed by atoms with Gasteiger partial charge in [0.25, 0.3) is 5.91 Å². The minimum atomic E-state index is -0.0116. The lowest BCUT2D eigenvalue weighted by Crippen LogP contribution is -2.38. The van der Waals surface area contributed by atoms with Gasteiger partial charge in [-0.1, -0.05) is 18.2 Å². The monoisotopic (exact) mass is 487 g/mol. The molecule has 1 fully saturated rings. The zero-order valence-corrected chi connectivity index (χ0v) is 20.8. The molecule has 4 aromatic rings. The Kier molecular flexibility index (Phi) is 6.90. The van der Waals surface area contributed by atoms with E-state index in [0.29, 0.717) is 11.6 Å². The Hall–Kier alpha value is -3.52. The SMILES string of the molecule is Cc1nc(NC(C)c2cccc(OCC(=O)N3CCCCC3)c2)cc(-c2ccc3ncsc3c2)n1. The fourth-order valence-corrected chi connectivity index (χ4v) is 5.08. The number of thiazole rings is 1. The second-order valence-electron chi connectivity index (χ2n) is 8.89. The summed E-state index contributed by atoms with van der Waals surface area (Å²) in [5, 5.41) is 3.49. The molecule has 1 atom stereocenters. The number of hydrogen-bond donors (Lipinski definition) is 1. The molecule has 180 valence electrons. The largest absolute Gasteiger partial charge is 0.484 e. The number of hydrogen-bond acceptors (Lipinski definition) is 7. The highest BCUT2D eigenvalue weighted by Gasteiger charge is 2.17. The molecule has 1 N–H and O–H groups in total. The van der Waals surface area contributed by atoms with Gasteiger partial charge in [-0.15, -0.1) is 11.3 Å². The van der Waals surface area contributed by atoms with Crippen LogP contribution < -0.4 is 10.1 Å². The summed E-state index contributed by atoms with van der Waals surface area (Å²) in [4.78, 5) is 27.9. The van der Waals surface area contributed by atoms with Crippen molar-refractivity contribution in [3.63, 3.8) is 0 Å². The summed E-state index contributed by atoms with van der Waals surface area (Å²) in [6.07, 6.45) is 3.36. The molecular weight excluding hydrogens is 458 g/mol. The number of aryl methyl sites for hydroxylation is 1. The summed E-state index contributed by atoms with van der Waals surface area (Å²) < 4.78 is 6.97. The van der Waals surface area contributed by atoms with Gasteiger partial charge in [-0.25, -0.2) is 15.0 Å². The average molecular weight is 488 g/mol. The number of nitrogens with one attached hydrogen (secondary N) is 1. The third kappa shape index (κ3) is 5.59. The van der Waals surface area contributed by atoms with Crippen LogP contribution in [0, 0.1) is 6.92 Å². The van der Waals surface area contributed by atoms with Crippen LogP contribution in [0.1, 0.15) is 43.6 Å². The number of rotatable bonds is 7. The number of carbonyl (C=O) groups is 1. The molecule has 5 rings (SSSR count). The van der Waals surface area contributed by atoms with Gasteiger partial charge < -0.3 is 15.0 Å². The normalized spacial score (nSPS) is 14.6. The van der Waals surface area contributed by atoms with Crippen molar-refractivity contribution in [2.45, 2.75) is 39.2 Å². The van der Waals surface area contributed by atoms with E-state index in [1.165, 1.54) is 6.42 Å². The maximum atomic E-state index is 12.4. The zero-order valence-electron chi connectivity index (χ0n) is 20.0. The summed E-state index contributed by atoms with van der Waals surface area (Å²) in [5.41, 5.74) is 5.82. The number of nitrogens with zero attached hydrogens (tertiary/aromatic N) is 4. The van der Waals surface area contributed by atoms with Gasteiger partial charge >= 0.3 is 0 Å². The van der Waals surface area contributed by atoms with Gasteiger partial charge in [0, 0.05) is 24.7 Å². The molecule has 0 aliphatic carbocycles. The van der Waals surface area contributed by atoms with Gasteiger partial charge in [0.05, 0.1) is 27.5 Å². The van der Waals surface area contributed by atoms with E-state index in [4.69, 9.17) is 4.74 Å². The molecule has 1 amide bonds. The zero-order chi connectivity index (χ0) is 24.2. The van der Waals surface area contributed by atoms with Crippen molar-refractivity contribution in [3.05, 3.63) is 65.4 Å². The molecule has 2 aromatic heterocycles. The molecule has 0 radical (unpaired) electrons. The highest BCUT2D eigenvalue weighted by Crippen LogP contribution is 2.28. The topological polar surface area (TPSA) is 80.2 Å². The number of fused-ring (bicyclic) bond motifs is 1. The molecule has 1 unspecified atom stereocenters. The van der Waals surface area contributed by atoms with Crippen LogP contribution in [0.2, 0.25) is 0 Å². The van der Waals surface area contributed by atoms with Crippen molar-refractivity contribution in [2.75, 3.05) is 25.0 Å². The standard InChI is InChI=1S/C27H29N5O2S/c1-18(20-7-6-8-22(13-20)34-16-27(33)32-11-4-3-5-12-32)29-26-15-24(30-19(2)31-26)21-9-10-23-25(14-21)35-17-28-23/h6-10,13-15,17-18H,3-5,11-12,16H2,1-2H3,(H,29,30,31). The van der Waals surface area contributed by atoms with Crippen LogP contribution in [0.3, 0.4) is 0 Å². The Morgan fingerprint density at radius 2 is 1.97 bits per heavy atom. The van der Waals surface area contributed by atoms with Crippen LogP contribution in [0.25, 0.3) is 21.5 Å². The van der Waals surface area contributed by atoms with Crippen LogP contribution in [-0.2, 0) is 4.79 Å². The predicted octanol–water partition coefficient (Wildman–Crippen LogP) is 5.63. The number of piperidine rings is 1. The molecule has 0 spiro atoms. The van der Waals surface area contributed by atoms with Crippen LogP contribution in [0.4, 0.5) is 5.82 Å². The Morgan fingerprint density at radius 1 is 1.11 bits per heavy atom. The second kappa shape index (κ2) is 10.4. The van der Waals surface area contributed by atoms with Gasteiger partial charge in [0.15, 0.2) is 6.61 Å². The van der Waals surface area contributed by atoms with Gasteiger partial charge in [-0.05, 0) is 62.9 Å². The maximum absolute atomic E-state index is 12.4. The first kappa shape index (κ1) is 23.2. The minimum Gasteiger partial charge on any atom is -0.484 e. The van der Waals surface area contributed by atoms with E-state index in [9.17, 15) is 4.79 Å². The highest BCUT2D eigenvalue weighted by atomic mass is 32.1. The molecule has 7 nitrogen and oxygen atoms in total. The summed E-state index contributed by atoms with van der Waals surface area (Å²) in [7, 11) is 0. The summed E-state index contributed by atoms with van der Waals surface area (Å²) >= 11 is 1.62. The molecule has 8 heteroatoms. The average Bonchev–Trinajstić information content (AvgIpc) is 3.36. The van der Waals surface area contributed by atoms with Gasteiger partial charge in [-0.3, -0.25) is 4.79 Å². The van der Waals surface area contributed by atoms with E-state index in [1.807, 2.05) is 59.8 Å². The molecule has 2 aromatic carbocycles. The lowest BCUT2D eigenvalue weighted by molar-refractivity contribution is -0.134. The molecule has 1 aliphatic rings.